The summed E-state index contributed by atoms with van der Waals surface area (Å²) in [5.74, 6) is -1.73. The van der Waals surface area contributed by atoms with E-state index in [2.05, 4.69) is 15.9 Å². The molecule has 7 heteroatoms. The molecule has 0 spiro atoms. The summed E-state index contributed by atoms with van der Waals surface area (Å²) in [5.41, 5.74) is -1.85. The summed E-state index contributed by atoms with van der Waals surface area (Å²) in [4.78, 5) is 10.4. The number of aliphatic carboxylic acids is 1. The number of rotatable bonds is 2. The highest BCUT2D eigenvalue weighted by Crippen LogP contribution is 2.36. The third-order valence-corrected chi connectivity index (χ3v) is 2.34. The van der Waals surface area contributed by atoms with Gasteiger partial charge in [-0.2, -0.15) is 13.2 Å². The number of carbonyl (C=O) groups is 1. The van der Waals surface area contributed by atoms with Crippen molar-refractivity contribution in [2.24, 2.45) is 0 Å². The molecule has 2 N–H and O–H groups in total. The van der Waals surface area contributed by atoms with Gasteiger partial charge in [0.1, 0.15) is 0 Å². The van der Waals surface area contributed by atoms with Gasteiger partial charge in [-0.3, -0.25) is 0 Å². The largest absolute Gasteiger partial charge is 0.479 e. The SMILES string of the molecule is O=C(O)C(O)c1ccc(Br)cc1C(F)(F)F. The van der Waals surface area contributed by atoms with Gasteiger partial charge >= 0.3 is 12.1 Å². The van der Waals surface area contributed by atoms with Crippen LogP contribution in [0, 0.1) is 0 Å². The second kappa shape index (κ2) is 4.42. The van der Waals surface area contributed by atoms with E-state index in [-0.39, 0.29) is 4.47 Å². The van der Waals surface area contributed by atoms with Gasteiger partial charge in [0.15, 0.2) is 6.10 Å². The van der Waals surface area contributed by atoms with Crippen LogP contribution in [0.2, 0.25) is 0 Å². The highest BCUT2D eigenvalue weighted by Gasteiger charge is 2.36. The molecule has 16 heavy (non-hydrogen) atoms. The number of aliphatic hydroxyl groups is 1. The minimum absolute atomic E-state index is 0.154. The number of aliphatic hydroxyl groups excluding tert-OH is 1. The first-order valence-electron chi connectivity index (χ1n) is 4.01. The molecule has 88 valence electrons. The molecule has 1 aromatic carbocycles. The Bertz CT molecular complexity index is 417. The van der Waals surface area contributed by atoms with Crippen LogP contribution in [0.4, 0.5) is 13.2 Å². The lowest BCUT2D eigenvalue weighted by atomic mass is 10.0. The number of carboxylic acids is 1. The van der Waals surface area contributed by atoms with E-state index >= 15 is 0 Å². The van der Waals surface area contributed by atoms with Crippen LogP contribution in [0.15, 0.2) is 22.7 Å². The lowest BCUT2D eigenvalue weighted by Crippen LogP contribution is -2.17. The number of hydrogen-bond donors (Lipinski definition) is 2. The number of hydrogen-bond acceptors (Lipinski definition) is 2. The lowest BCUT2D eigenvalue weighted by Gasteiger charge is -2.15. The third kappa shape index (κ3) is 2.73. The molecule has 0 aliphatic rings. The fourth-order valence-electron chi connectivity index (χ4n) is 1.15. The molecule has 1 unspecified atom stereocenters. The maximum absolute atomic E-state index is 12.5. The monoisotopic (exact) mass is 298 g/mol. The van der Waals surface area contributed by atoms with Gasteiger partial charge in [-0.15, -0.1) is 0 Å². The summed E-state index contributed by atoms with van der Waals surface area (Å²) < 4.78 is 37.7. The van der Waals surface area contributed by atoms with E-state index in [1.54, 1.807) is 0 Å². The van der Waals surface area contributed by atoms with Gasteiger partial charge in [0.25, 0.3) is 0 Å². The highest BCUT2D eigenvalue weighted by molar-refractivity contribution is 9.10. The predicted octanol–water partition coefficient (Wildman–Crippen LogP) is 2.59. The Balaban J connectivity index is 3.34. The van der Waals surface area contributed by atoms with E-state index in [1.165, 1.54) is 6.07 Å². The Morgan fingerprint density at radius 3 is 2.38 bits per heavy atom. The molecular formula is C9H6BrF3O3. The van der Waals surface area contributed by atoms with Crippen molar-refractivity contribution in [3.8, 4) is 0 Å². The van der Waals surface area contributed by atoms with Crippen molar-refractivity contribution in [2.45, 2.75) is 12.3 Å². The Labute approximate surface area is 96.6 Å². The molecular weight excluding hydrogens is 293 g/mol. The summed E-state index contributed by atoms with van der Waals surface area (Å²) in [5, 5.41) is 17.6. The van der Waals surface area contributed by atoms with E-state index in [0.717, 1.165) is 12.1 Å². The van der Waals surface area contributed by atoms with E-state index in [1.807, 2.05) is 0 Å². The third-order valence-electron chi connectivity index (χ3n) is 1.85. The maximum Gasteiger partial charge on any atom is 0.416 e. The average molecular weight is 299 g/mol. The Morgan fingerprint density at radius 1 is 1.38 bits per heavy atom. The molecule has 1 rings (SSSR count). The van der Waals surface area contributed by atoms with Crippen LogP contribution in [-0.4, -0.2) is 16.2 Å². The van der Waals surface area contributed by atoms with Crippen LogP contribution >= 0.6 is 15.9 Å². The molecule has 0 radical (unpaired) electrons. The van der Waals surface area contributed by atoms with Crippen LogP contribution in [0.5, 0.6) is 0 Å². The molecule has 0 aliphatic heterocycles. The van der Waals surface area contributed by atoms with Crippen molar-refractivity contribution in [3.63, 3.8) is 0 Å². The number of halogens is 4. The summed E-state index contributed by atoms with van der Waals surface area (Å²) in [6.45, 7) is 0. The molecule has 0 saturated heterocycles. The number of alkyl halides is 3. The topological polar surface area (TPSA) is 57.5 Å². The molecule has 0 bridgehead atoms. The van der Waals surface area contributed by atoms with E-state index in [9.17, 15) is 18.0 Å². The van der Waals surface area contributed by atoms with Gasteiger partial charge in [0, 0.05) is 10.0 Å². The van der Waals surface area contributed by atoms with Crippen LogP contribution in [0.3, 0.4) is 0 Å². The van der Waals surface area contributed by atoms with E-state index in [4.69, 9.17) is 10.2 Å². The maximum atomic E-state index is 12.5. The standard InChI is InChI=1S/C9H6BrF3O3/c10-4-1-2-5(7(14)8(15)16)6(3-4)9(11,12)13/h1-3,7,14H,(H,15,16). The molecule has 0 aromatic heterocycles. The summed E-state index contributed by atoms with van der Waals surface area (Å²) in [6, 6.07) is 2.88. The molecule has 0 heterocycles. The van der Waals surface area contributed by atoms with E-state index in [0.29, 0.717) is 0 Å². The van der Waals surface area contributed by atoms with E-state index < -0.39 is 29.4 Å². The Kier molecular flexibility index (Phi) is 3.59. The molecule has 0 fully saturated rings. The molecule has 1 atom stereocenters. The zero-order chi connectivity index (χ0) is 12.5. The fraction of sp³-hybridized carbons (Fsp3) is 0.222. The van der Waals surface area contributed by atoms with Gasteiger partial charge in [-0.1, -0.05) is 22.0 Å². The van der Waals surface area contributed by atoms with Crippen LogP contribution in [0.1, 0.15) is 17.2 Å². The normalized spacial score (nSPS) is 13.6. The molecule has 0 amide bonds. The van der Waals surface area contributed by atoms with Crippen molar-refractivity contribution in [2.75, 3.05) is 0 Å². The second-order valence-electron chi connectivity index (χ2n) is 2.97. The zero-order valence-corrected chi connectivity index (χ0v) is 9.21. The van der Waals surface area contributed by atoms with Gasteiger partial charge < -0.3 is 10.2 Å². The fourth-order valence-corrected chi connectivity index (χ4v) is 1.51. The quantitative estimate of drug-likeness (QED) is 0.882. The summed E-state index contributed by atoms with van der Waals surface area (Å²) in [6.07, 6.45) is -6.90. The summed E-state index contributed by atoms with van der Waals surface area (Å²) in [7, 11) is 0. The summed E-state index contributed by atoms with van der Waals surface area (Å²) >= 11 is 2.85. The Morgan fingerprint density at radius 2 is 1.94 bits per heavy atom. The number of carboxylic acid groups (broad SMARTS) is 1. The predicted molar refractivity (Wildman–Crippen MR) is 51.7 cm³/mol. The smallest absolute Gasteiger partial charge is 0.416 e. The van der Waals surface area contributed by atoms with Crippen LogP contribution in [0.25, 0.3) is 0 Å². The van der Waals surface area contributed by atoms with Crippen molar-refractivity contribution < 1.29 is 28.2 Å². The Hall–Kier alpha value is -1.08. The molecule has 0 saturated carbocycles. The minimum Gasteiger partial charge on any atom is -0.479 e. The van der Waals surface area contributed by atoms with Gasteiger partial charge in [0.05, 0.1) is 5.56 Å². The van der Waals surface area contributed by atoms with Crippen molar-refractivity contribution in [1.82, 2.24) is 0 Å². The zero-order valence-electron chi connectivity index (χ0n) is 7.62. The van der Waals surface area contributed by atoms with Gasteiger partial charge in [-0.05, 0) is 12.1 Å². The van der Waals surface area contributed by atoms with Gasteiger partial charge in [-0.25, -0.2) is 4.79 Å². The highest BCUT2D eigenvalue weighted by atomic mass is 79.9. The molecule has 0 aliphatic carbocycles. The molecule has 3 nitrogen and oxygen atoms in total. The van der Waals surface area contributed by atoms with Crippen molar-refractivity contribution in [1.29, 1.82) is 0 Å². The van der Waals surface area contributed by atoms with Crippen LogP contribution < -0.4 is 0 Å². The first-order valence-corrected chi connectivity index (χ1v) is 4.80. The second-order valence-corrected chi connectivity index (χ2v) is 3.89. The molecule has 1 aromatic rings. The first kappa shape index (κ1) is 13.0. The van der Waals surface area contributed by atoms with Crippen molar-refractivity contribution >= 4 is 21.9 Å². The average Bonchev–Trinajstić information content (AvgIpc) is 2.15. The van der Waals surface area contributed by atoms with Crippen molar-refractivity contribution in [3.05, 3.63) is 33.8 Å². The number of benzene rings is 1. The first-order chi connectivity index (χ1) is 7.23. The lowest BCUT2D eigenvalue weighted by molar-refractivity contribution is -0.149. The minimum atomic E-state index is -4.71. The van der Waals surface area contributed by atoms with Crippen LogP contribution in [-0.2, 0) is 11.0 Å². The van der Waals surface area contributed by atoms with Gasteiger partial charge in [0.2, 0.25) is 0 Å².